The third-order valence-electron chi connectivity index (χ3n) is 2.47. The molecule has 0 unspecified atom stereocenters. The molecule has 0 fully saturated rings. The van der Waals surface area contributed by atoms with Gasteiger partial charge in [-0.2, -0.15) is 0 Å². The van der Waals surface area contributed by atoms with Crippen LogP contribution in [-0.4, -0.2) is 9.97 Å². The molecule has 0 atom stereocenters. The molecule has 4 nitrogen and oxygen atoms in total. The van der Waals surface area contributed by atoms with Crippen molar-refractivity contribution in [3.63, 3.8) is 0 Å². The van der Waals surface area contributed by atoms with Crippen LogP contribution in [0.15, 0.2) is 24.3 Å². The van der Waals surface area contributed by atoms with Gasteiger partial charge in [-0.25, -0.2) is 14.4 Å². The molecule has 0 spiro atoms. The summed E-state index contributed by atoms with van der Waals surface area (Å²) >= 11 is 5.83. The molecule has 0 amide bonds. The molecule has 0 saturated heterocycles. The maximum atomic E-state index is 13.6. The lowest BCUT2D eigenvalue weighted by Crippen LogP contribution is -2.05. The van der Waals surface area contributed by atoms with Crippen LogP contribution in [0.25, 0.3) is 0 Å². The van der Waals surface area contributed by atoms with E-state index in [1.807, 2.05) is 13.8 Å². The average Bonchev–Trinajstić information content (AvgIpc) is 2.33. The zero-order valence-corrected chi connectivity index (χ0v) is 11.4. The van der Waals surface area contributed by atoms with Crippen molar-refractivity contribution >= 4 is 28.9 Å². The summed E-state index contributed by atoms with van der Waals surface area (Å²) in [6.07, 6.45) is 0. The summed E-state index contributed by atoms with van der Waals surface area (Å²) in [6, 6.07) is 5.81. The summed E-state index contributed by atoms with van der Waals surface area (Å²) in [5, 5.41) is 3.30. The van der Waals surface area contributed by atoms with E-state index >= 15 is 0 Å². The molecule has 1 aromatic heterocycles. The second-order valence-corrected chi connectivity index (χ2v) is 4.88. The van der Waals surface area contributed by atoms with Crippen molar-refractivity contribution in [2.45, 2.75) is 19.8 Å². The van der Waals surface area contributed by atoms with Crippen LogP contribution in [0.5, 0.6) is 0 Å². The van der Waals surface area contributed by atoms with Crippen molar-refractivity contribution in [3.8, 4) is 0 Å². The van der Waals surface area contributed by atoms with Gasteiger partial charge in [0.2, 0.25) is 0 Å². The highest BCUT2D eigenvalue weighted by Gasteiger charge is 2.09. The van der Waals surface area contributed by atoms with Crippen LogP contribution in [0, 0.1) is 5.82 Å². The van der Waals surface area contributed by atoms with Gasteiger partial charge in [0.15, 0.2) is 0 Å². The van der Waals surface area contributed by atoms with Gasteiger partial charge in [-0.1, -0.05) is 25.4 Å². The lowest BCUT2D eigenvalue weighted by molar-refractivity contribution is 0.631. The lowest BCUT2D eigenvalue weighted by atomic mass is 10.2. The van der Waals surface area contributed by atoms with Crippen LogP contribution in [0.1, 0.15) is 25.6 Å². The van der Waals surface area contributed by atoms with E-state index in [0.717, 1.165) is 0 Å². The van der Waals surface area contributed by atoms with Crippen LogP contribution < -0.4 is 11.1 Å². The molecule has 2 aromatic rings. The quantitative estimate of drug-likeness (QED) is 0.899. The number of nitrogens with one attached hydrogen (secondary N) is 1. The third-order valence-corrected chi connectivity index (χ3v) is 2.71. The van der Waals surface area contributed by atoms with Crippen LogP contribution in [0.2, 0.25) is 5.02 Å². The van der Waals surface area contributed by atoms with Crippen molar-refractivity contribution in [1.82, 2.24) is 9.97 Å². The van der Waals surface area contributed by atoms with E-state index in [-0.39, 0.29) is 11.6 Å². The second-order valence-electron chi connectivity index (χ2n) is 4.44. The highest BCUT2D eigenvalue weighted by molar-refractivity contribution is 6.30. The molecule has 0 saturated carbocycles. The van der Waals surface area contributed by atoms with Crippen molar-refractivity contribution in [3.05, 3.63) is 40.9 Å². The predicted octanol–water partition coefficient (Wildman–Crippen LogP) is 3.72. The summed E-state index contributed by atoms with van der Waals surface area (Å²) in [7, 11) is 0. The Morgan fingerprint density at radius 3 is 2.68 bits per heavy atom. The Bertz CT molecular complexity index is 601. The molecule has 0 aliphatic rings. The molecule has 2 rings (SSSR count). The maximum Gasteiger partial charge on any atom is 0.146 e. The number of anilines is 3. The molecule has 1 heterocycles. The molecule has 3 N–H and O–H groups in total. The lowest BCUT2D eigenvalue weighted by Gasteiger charge is -2.11. The predicted molar refractivity (Wildman–Crippen MR) is 75.2 cm³/mol. The Labute approximate surface area is 115 Å². The Kier molecular flexibility index (Phi) is 3.85. The fourth-order valence-corrected chi connectivity index (χ4v) is 1.71. The number of rotatable bonds is 3. The van der Waals surface area contributed by atoms with E-state index in [1.54, 1.807) is 6.07 Å². The smallest absolute Gasteiger partial charge is 0.146 e. The first-order valence-corrected chi connectivity index (χ1v) is 6.20. The van der Waals surface area contributed by atoms with Crippen molar-refractivity contribution in [2.24, 2.45) is 0 Å². The van der Waals surface area contributed by atoms with E-state index in [1.165, 1.54) is 18.2 Å². The number of benzene rings is 1. The van der Waals surface area contributed by atoms with Gasteiger partial charge < -0.3 is 11.1 Å². The van der Waals surface area contributed by atoms with Crippen LogP contribution >= 0.6 is 11.6 Å². The van der Waals surface area contributed by atoms with E-state index < -0.39 is 5.82 Å². The van der Waals surface area contributed by atoms with Gasteiger partial charge in [-0.05, 0) is 18.2 Å². The molecule has 0 aliphatic heterocycles. The molecule has 19 heavy (non-hydrogen) atoms. The highest BCUT2D eigenvalue weighted by Crippen LogP contribution is 2.24. The van der Waals surface area contributed by atoms with Crippen molar-refractivity contribution in [2.75, 3.05) is 11.1 Å². The first-order valence-electron chi connectivity index (χ1n) is 5.82. The van der Waals surface area contributed by atoms with Gasteiger partial charge in [0.25, 0.3) is 0 Å². The number of hydrogen-bond acceptors (Lipinski definition) is 4. The van der Waals surface area contributed by atoms with Crippen molar-refractivity contribution < 1.29 is 4.39 Å². The van der Waals surface area contributed by atoms with E-state index in [9.17, 15) is 4.39 Å². The SMILES string of the molecule is CC(C)c1nc(N)cc(Nc2cc(Cl)ccc2F)n1. The van der Waals surface area contributed by atoms with E-state index in [0.29, 0.717) is 22.5 Å². The standard InChI is InChI=1S/C13H14ClFN4/c1-7(2)13-18-11(16)6-12(19-13)17-10-5-8(14)3-4-9(10)15/h3-7H,1-2H3,(H3,16,17,18,19). The monoisotopic (exact) mass is 280 g/mol. The molecule has 0 bridgehead atoms. The minimum absolute atomic E-state index is 0.133. The largest absolute Gasteiger partial charge is 0.384 e. The van der Waals surface area contributed by atoms with Gasteiger partial charge in [-0.3, -0.25) is 0 Å². The molecule has 0 radical (unpaired) electrons. The Balaban J connectivity index is 2.35. The number of nitrogens with zero attached hydrogens (tertiary/aromatic N) is 2. The summed E-state index contributed by atoms with van der Waals surface area (Å²) in [5.74, 6) is 1.10. The summed E-state index contributed by atoms with van der Waals surface area (Å²) < 4.78 is 13.6. The zero-order valence-electron chi connectivity index (χ0n) is 10.6. The van der Waals surface area contributed by atoms with Crippen LogP contribution in [0.3, 0.4) is 0 Å². The molecular formula is C13H14ClFN4. The van der Waals surface area contributed by atoms with Gasteiger partial charge in [0.05, 0.1) is 5.69 Å². The number of halogens is 2. The molecule has 1 aromatic carbocycles. The third kappa shape index (κ3) is 3.32. The summed E-state index contributed by atoms with van der Waals surface area (Å²) in [5.41, 5.74) is 5.96. The van der Waals surface area contributed by atoms with E-state index in [2.05, 4.69) is 15.3 Å². The van der Waals surface area contributed by atoms with E-state index in [4.69, 9.17) is 17.3 Å². The molecule has 0 aliphatic carbocycles. The van der Waals surface area contributed by atoms with Gasteiger partial charge >= 0.3 is 0 Å². The number of hydrogen-bond donors (Lipinski definition) is 2. The van der Waals surface area contributed by atoms with Crippen LogP contribution in [-0.2, 0) is 0 Å². The van der Waals surface area contributed by atoms with Gasteiger partial charge in [0, 0.05) is 17.0 Å². The normalized spacial score (nSPS) is 10.8. The first-order chi connectivity index (χ1) is 8.95. The van der Waals surface area contributed by atoms with Gasteiger partial charge in [-0.15, -0.1) is 0 Å². The Morgan fingerprint density at radius 1 is 1.26 bits per heavy atom. The summed E-state index contributed by atoms with van der Waals surface area (Å²) in [6.45, 7) is 3.91. The van der Waals surface area contributed by atoms with Crippen LogP contribution in [0.4, 0.5) is 21.7 Å². The Morgan fingerprint density at radius 2 is 2.00 bits per heavy atom. The first kappa shape index (κ1) is 13.5. The average molecular weight is 281 g/mol. The maximum absolute atomic E-state index is 13.6. The summed E-state index contributed by atoms with van der Waals surface area (Å²) in [4.78, 5) is 8.41. The Hall–Kier alpha value is -1.88. The topological polar surface area (TPSA) is 63.8 Å². The van der Waals surface area contributed by atoms with Gasteiger partial charge in [0.1, 0.15) is 23.3 Å². The fourth-order valence-electron chi connectivity index (χ4n) is 1.54. The molecule has 6 heteroatoms. The number of nitrogens with two attached hydrogens (primary N) is 1. The molecular weight excluding hydrogens is 267 g/mol. The highest BCUT2D eigenvalue weighted by atomic mass is 35.5. The number of nitrogen functional groups attached to an aromatic ring is 1. The molecule has 100 valence electrons. The minimum atomic E-state index is -0.410. The van der Waals surface area contributed by atoms with Crippen molar-refractivity contribution in [1.29, 1.82) is 0 Å². The fraction of sp³-hybridized carbons (Fsp3) is 0.231. The minimum Gasteiger partial charge on any atom is -0.384 e. The number of aromatic nitrogens is 2. The second kappa shape index (κ2) is 5.40. The zero-order chi connectivity index (χ0) is 14.0.